The molecule has 2 fully saturated rings. The lowest BCUT2D eigenvalue weighted by atomic mass is 10.0. The third-order valence-corrected chi connectivity index (χ3v) is 9.76. The summed E-state index contributed by atoms with van der Waals surface area (Å²) in [7, 11) is -1.87. The number of sulfonamides is 1. The van der Waals surface area contributed by atoms with Gasteiger partial charge in [-0.1, -0.05) is 30.8 Å². The smallest absolute Gasteiger partial charge is 0.243 e. The summed E-state index contributed by atoms with van der Waals surface area (Å²) in [6.07, 6.45) is 4.23. The number of imidazole rings is 1. The predicted molar refractivity (Wildman–Crippen MR) is 138 cm³/mol. The Morgan fingerprint density at radius 1 is 1.17 bits per heavy atom. The second-order valence-corrected chi connectivity index (χ2v) is 12.4. The molecule has 188 valence electrons. The molecule has 0 saturated carbocycles. The predicted octanol–water partition coefficient (Wildman–Crippen LogP) is 4.94. The lowest BCUT2D eigenvalue weighted by Crippen LogP contribution is -2.39. The number of fused-ring (bicyclic) bond motifs is 1. The van der Waals surface area contributed by atoms with Crippen LogP contribution in [0.5, 0.6) is 5.75 Å². The highest BCUT2D eigenvalue weighted by Gasteiger charge is 2.29. The Kier molecular flexibility index (Phi) is 7.39. The maximum atomic E-state index is 13.4. The molecule has 0 aliphatic carbocycles. The highest BCUT2D eigenvalue weighted by molar-refractivity contribution is 7.98. The van der Waals surface area contributed by atoms with Crippen LogP contribution in [0.1, 0.15) is 38.2 Å². The molecule has 2 aliphatic heterocycles. The van der Waals surface area contributed by atoms with Crippen LogP contribution < -0.4 is 4.74 Å². The summed E-state index contributed by atoms with van der Waals surface area (Å²) in [5.41, 5.74) is 2.80. The summed E-state index contributed by atoms with van der Waals surface area (Å²) in [5, 5.41) is 0.875. The zero-order valence-electron chi connectivity index (χ0n) is 20.4. The van der Waals surface area contributed by atoms with Crippen molar-refractivity contribution in [3.05, 3.63) is 48.0 Å². The van der Waals surface area contributed by atoms with Crippen molar-refractivity contribution in [3.8, 4) is 5.75 Å². The van der Waals surface area contributed by atoms with Crippen LogP contribution in [-0.2, 0) is 27.1 Å². The van der Waals surface area contributed by atoms with Gasteiger partial charge in [0.15, 0.2) is 5.16 Å². The van der Waals surface area contributed by atoms with Gasteiger partial charge in [0.2, 0.25) is 10.0 Å². The fourth-order valence-corrected chi connectivity index (χ4v) is 7.54. The Morgan fingerprint density at radius 3 is 2.83 bits per heavy atom. The van der Waals surface area contributed by atoms with E-state index in [2.05, 4.69) is 17.6 Å². The van der Waals surface area contributed by atoms with Crippen LogP contribution in [0.4, 0.5) is 0 Å². The van der Waals surface area contributed by atoms with E-state index in [1.54, 1.807) is 35.3 Å². The van der Waals surface area contributed by atoms with Gasteiger partial charge in [-0.15, -0.1) is 0 Å². The number of nitrogens with zero attached hydrogens (tertiary/aromatic N) is 3. The number of methoxy groups -OCH3 is 1. The molecule has 9 heteroatoms. The van der Waals surface area contributed by atoms with Gasteiger partial charge >= 0.3 is 0 Å². The monoisotopic (exact) mass is 515 g/mol. The standard InChI is InChI=1S/C26H33N3O4S2/c1-19-6-4-12-28(16-19)35(30,31)23-10-11-25-24(15-23)27-26(29(25)17-22-9-5-13-33-22)34-18-20-7-3-8-21(14-20)32-2/h3,7-8,10-11,14-15,19,22H,4-6,9,12-13,16-18H2,1-2H3. The van der Waals surface area contributed by atoms with Crippen molar-refractivity contribution in [3.63, 3.8) is 0 Å². The largest absolute Gasteiger partial charge is 0.497 e. The van der Waals surface area contributed by atoms with Crippen molar-refractivity contribution < 1.29 is 17.9 Å². The molecule has 3 heterocycles. The highest BCUT2D eigenvalue weighted by Crippen LogP contribution is 2.32. The third-order valence-electron chi connectivity index (χ3n) is 6.85. The molecule has 2 saturated heterocycles. The van der Waals surface area contributed by atoms with Gasteiger partial charge in [0, 0.05) is 25.4 Å². The van der Waals surface area contributed by atoms with E-state index in [0.29, 0.717) is 36.0 Å². The average molecular weight is 516 g/mol. The van der Waals surface area contributed by atoms with Crippen molar-refractivity contribution >= 4 is 32.8 Å². The Morgan fingerprint density at radius 2 is 2.06 bits per heavy atom. The Hall–Kier alpha value is -2.07. The van der Waals surface area contributed by atoms with Gasteiger partial charge in [-0.25, -0.2) is 13.4 Å². The summed E-state index contributed by atoms with van der Waals surface area (Å²) in [6, 6.07) is 13.4. The van der Waals surface area contributed by atoms with Crippen LogP contribution in [0, 0.1) is 5.92 Å². The summed E-state index contributed by atoms with van der Waals surface area (Å²) in [4.78, 5) is 5.23. The average Bonchev–Trinajstić information content (AvgIpc) is 3.51. The van der Waals surface area contributed by atoms with Crippen molar-refractivity contribution in [2.45, 2.75) is 61.1 Å². The molecule has 2 aliphatic rings. The Bertz CT molecular complexity index is 1280. The second-order valence-electron chi connectivity index (χ2n) is 9.54. The molecular weight excluding hydrogens is 482 g/mol. The number of benzene rings is 2. The molecule has 5 rings (SSSR count). The van der Waals surface area contributed by atoms with Gasteiger partial charge in [0.25, 0.3) is 0 Å². The molecule has 2 unspecified atom stereocenters. The lowest BCUT2D eigenvalue weighted by Gasteiger charge is -2.30. The van der Waals surface area contributed by atoms with Gasteiger partial charge in [-0.2, -0.15) is 4.31 Å². The van der Waals surface area contributed by atoms with Crippen molar-refractivity contribution in [1.82, 2.24) is 13.9 Å². The van der Waals surface area contributed by atoms with E-state index in [-0.39, 0.29) is 6.10 Å². The van der Waals surface area contributed by atoms with Crippen LogP contribution in [0.3, 0.4) is 0 Å². The van der Waals surface area contributed by atoms with E-state index in [4.69, 9.17) is 14.5 Å². The van der Waals surface area contributed by atoms with E-state index < -0.39 is 10.0 Å². The molecule has 0 radical (unpaired) electrons. The van der Waals surface area contributed by atoms with Gasteiger partial charge in [-0.3, -0.25) is 0 Å². The van der Waals surface area contributed by atoms with Crippen LogP contribution in [0.2, 0.25) is 0 Å². The summed E-state index contributed by atoms with van der Waals surface area (Å²) in [5.74, 6) is 1.95. The molecular formula is C26H33N3O4S2. The number of hydrogen-bond donors (Lipinski definition) is 0. The minimum absolute atomic E-state index is 0.154. The molecule has 2 aromatic carbocycles. The number of rotatable bonds is 8. The third kappa shape index (κ3) is 5.38. The van der Waals surface area contributed by atoms with Crippen LogP contribution in [-0.4, -0.2) is 55.2 Å². The second kappa shape index (κ2) is 10.5. The zero-order chi connectivity index (χ0) is 24.4. The number of thioether (sulfide) groups is 1. The van der Waals surface area contributed by atoms with Crippen molar-refractivity contribution in [2.75, 3.05) is 26.8 Å². The summed E-state index contributed by atoms with van der Waals surface area (Å²) < 4.78 is 41.8. The minimum atomic E-state index is -3.54. The van der Waals surface area contributed by atoms with Gasteiger partial charge in [-0.05, 0) is 67.5 Å². The SMILES string of the molecule is COc1cccc(CSc2nc3cc(S(=O)(=O)N4CCCC(C)C4)ccc3n2CC2CCCO2)c1. The quantitative estimate of drug-likeness (QED) is 0.396. The minimum Gasteiger partial charge on any atom is -0.497 e. The summed E-state index contributed by atoms with van der Waals surface area (Å²) in [6.45, 7) is 4.78. The number of aromatic nitrogens is 2. The maximum Gasteiger partial charge on any atom is 0.243 e. The lowest BCUT2D eigenvalue weighted by molar-refractivity contribution is 0.0960. The van der Waals surface area contributed by atoms with Crippen molar-refractivity contribution in [2.24, 2.45) is 5.92 Å². The van der Waals surface area contributed by atoms with Crippen LogP contribution in [0.25, 0.3) is 11.0 Å². The first-order valence-electron chi connectivity index (χ1n) is 12.3. The maximum absolute atomic E-state index is 13.4. The highest BCUT2D eigenvalue weighted by atomic mass is 32.2. The number of ether oxygens (including phenoxy) is 2. The molecule has 0 amide bonds. The molecule has 7 nitrogen and oxygen atoms in total. The van der Waals surface area contributed by atoms with E-state index in [9.17, 15) is 8.42 Å². The molecule has 2 atom stereocenters. The normalized spacial score (nSPS) is 21.5. The Balaban J connectivity index is 1.46. The van der Waals surface area contributed by atoms with E-state index in [1.807, 2.05) is 24.3 Å². The number of piperidine rings is 1. The topological polar surface area (TPSA) is 73.7 Å². The molecule has 35 heavy (non-hydrogen) atoms. The van der Waals surface area contributed by atoms with Crippen molar-refractivity contribution in [1.29, 1.82) is 0 Å². The van der Waals surface area contributed by atoms with Gasteiger partial charge in [0.1, 0.15) is 5.75 Å². The van der Waals surface area contributed by atoms with E-state index in [1.165, 1.54) is 0 Å². The fourth-order valence-electron chi connectivity index (χ4n) is 4.95. The zero-order valence-corrected chi connectivity index (χ0v) is 22.0. The molecule has 0 N–H and O–H groups in total. The first kappa shape index (κ1) is 24.6. The first-order chi connectivity index (χ1) is 16.9. The number of hydrogen-bond acceptors (Lipinski definition) is 6. The van der Waals surface area contributed by atoms with E-state index >= 15 is 0 Å². The molecule has 0 spiro atoms. The molecule has 0 bridgehead atoms. The van der Waals surface area contributed by atoms with Gasteiger partial charge < -0.3 is 14.0 Å². The molecule has 3 aromatic rings. The van der Waals surface area contributed by atoms with Crippen LogP contribution in [0.15, 0.2) is 52.5 Å². The Labute approximate surface area is 211 Å². The van der Waals surface area contributed by atoms with Gasteiger partial charge in [0.05, 0.1) is 35.7 Å². The molecule has 1 aromatic heterocycles. The first-order valence-corrected chi connectivity index (χ1v) is 14.7. The van der Waals surface area contributed by atoms with E-state index in [0.717, 1.165) is 60.0 Å². The summed E-state index contributed by atoms with van der Waals surface area (Å²) >= 11 is 1.65. The fraction of sp³-hybridized carbons (Fsp3) is 0.500. The van der Waals surface area contributed by atoms with Crippen LogP contribution >= 0.6 is 11.8 Å².